The van der Waals surface area contributed by atoms with E-state index in [1.54, 1.807) is 27.7 Å². The number of nitrogens with zero attached hydrogens (tertiary/aromatic N) is 6. The molecule has 0 aliphatic carbocycles. The molecule has 2 N–H and O–H groups in total. The molecule has 5 aromatic rings. The highest BCUT2D eigenvalue weighted by Gasteiger charge is 2.32. The first kappa shape index (κ1) is 38.8. The van der Waals surface area contributed by atoms with E-state index in [2.05, 4.69) is 43.7 Å². The normalized spacial score (nSPS) is 12.7. The highest BCUT2D eigenvalue weighted by atomic mass is 16.5. The quantitative estimate of drug-likeness (QED) is 0.0611. The fourth-order valence-corrected chi connectivity index (χ4v) is 5.91. The molecule has 4 heterocycles. The standard InChI is InChI=1S/C36H38N8O10/c1-7-25(45)37-9-11-53-35(51)23(13-17(3)4)43-31(47)27-28(32(43)48)40-20-16-22-21(15-19(20)39-27)41-29-30(42-22)34(50)44(33(29)49)24(14-18(5)6)36(52)54-12-10-38-26(46)8-2/h7-8,15-18,23-24H,1-2,9-14H2,3-6H3,(H,37,45)(H,38,46). The van der Waals surface area contributed by atoms with Gasteiger partial charge in [-0.3, -0.25) is 37.9 Å². The molecule has 4 aromatic heterocycles. The Balaban J connectivity index is 1.54. The van der Waals surface area contributed by atoms with Crippen molar-refractivity contribution in [2.45, 2.75) is 52.6 Å². The summed E-state index contributed by atoms with van der Waals surface area (Å²) in [7, 11) is 0. The van der Waals surface area contributed by atoms with E-state index >= 15 is 0 Å². The van der Waals surface area contributed by atoms with E-state index < -0.39 is 58.1 Å². The molecule has 18 heteroatoms. The van der Waals surface area contributed by atoms with E-state index in [0.29, 0.717) is 0 Å². The zero-order chi connectivity index (χ0) is 39.4. The van der Waals surface area contributed by atoms with Gasteiger partial charge < -0.3 is 20.1 Å². The monoisotopic (exact) mass is 742 g/mol. The number of carbonyl (C=O) groups excluding carboxylic acids is 4. The molecule has 0 aliphatic rings. The van der Waals surface area contributed by atoms with Gasteiger partial charge in [0.25, 0.3) is 22.2 Å². The number of ether oxygens (including phenoxy) is 2. The van der Waals surface area contributed by atoms with E-state index in [-0.39, 0.29) is 95.1 Å². The largest absolute Gasteiger partial charge is 0.462 e. The zero-order valence-electron chi connectivity index (χ0n) is 30.0. The van der Waals surface area contributed by atoms with E-state index in [1.807, 2.05) is 0 Å². The number of esters is 2. The fraction of sp³-hybridized carbons (Fsp3) is 0.389. The van der Waals surface area contributed by atoms with Gasteiger partial charge in [-0.1, -0.05) is 40.9 Å². The number of aromatic nitrogens is 6. The minimum absolute atomic E-state index is 0.0142. The van der Waals surface area contributed by atoms with Crippen LogP contribution in [-0.2, 0) is 28.7 Å². The summed E-state index contributed by atoms with van der Waals surface area (Å²) < 4.78 is 12.1. The Hall–Kier alpha value is -6.46. The van der Waals surface area contributed by atoms with Crippen LogP contribution in [0.1, 0.15) is 52.6 Å². The third-order valence-electron chi connectivity index (χ3n) is 8.35. The predicted octanol–water partition coefficient (Wildman–Crippen LogP) is 0.664. The third-order valence-corrected chi connectivity index (χ3v) is 8.35. The van der Waals surface area contributed by atoms with Gasteiger partial charge in [0.1, 0.15) is 25.3 Å². The van der Waals surface area contributed by atoms with E-state index in [1.165, 1.54) is 12.1 Å². The molecule has 0 fully saturated rings. The molecule has 2 unspecified atom stereocenters. The molecule has 282 valence electrons. The van der Waals surface area contributed by atoms with E-state index in [0.717, 1.165) is 21.3 Å². The first-order valence-corrected chi connectivity index (χ1v) is 17.1. The molecule has 0 aliphatic heterocycles. The number of fused-ring (bicyclic) bond motifs is 4. The lowest BCUT2D eigenvalue weighted by molar-refractivity contribution is -0.149. The van der Waals surface area contributed by atoms with Crippen LogP contribution in [0.3, 0.4) is 0 Å². The summed E-state index contributed by atoms with van der Waals surface area (Å²) in [6, 6.07) is 0.167. The summed E-state index contributed by atoms with van der Waals surface area (Å²) >= 11 is 0. The minimum atomic E-state index is -1.31. The van der Waals surface area contributed by atoms with Gasteiger partial charge in [0.05, 0.1) is 35.2 Å². The van der Waals surface area contributed by atoms with Crippen LogP contribution < -0.4 is 32.9 Å². The van der Waals surface area contributed by atoms with Crippen LogP contribution in [0.2, 0.25) is 0 Å². The molecule has 0 bridgehead atoms. The average molecular weight is 743 g/mol. The number of benzene rings is 1. The van der Waals surface area contributed by atoms with Crippen LogP contribution in [0.5, 0.6) is 0 Å². The summed E-state index contributed by atoms with van der Waals surface area (Å²) in [5.41, 5.74) is -4.26. The van der Waals surface area contributed by atoms with Gasteiger partial charge >= 0.3 is 11.9 Å². The van der Waals surface area contributed by atoms with Crippen LogP contribution >= 0.6 is 0 Å². The van der Waals surface area contributed by atoms with Gasteiger partial charge in [0.15, 0.2) is 22.1 Å². The molecular weight excluding hydrogens is 704 g/mol. The highest BCUT2D eigenvalue weighted by molar-refractivity contribution is 5.97. The summed E-state index contributed by atoms with van der Waals surface area (Å²) in [6.45, 7) is 13.4. The first-order chi connectivity index (χ1) is 25.7. The van der Waals surface area contributed by atoms with Gasteiger partial charge in [0, 0.05) is 0 Å². The molecule has 0 saturated heterocycles. The van der Waals surface area contributed by atoms with Crippen LogP contribution in [0.25, 0.3) is 44.1 Å². The number of hydrogen-bond acceptors (Lipinski definition) is 14. The molecular formula is C36H38N8O10. The van der Waals surface area contributed by atoms with Gasteiger partial charge in [-0.05, 0) is 49.0 Å². The molecule has 5 rings (SSSR count). The van der Waals surface area contributed by atoms with Crippen molar-refractivity contribution in [3.63, 3.8) is 0 Å². The third kappa shape index (κ3) is 7.81. The summed E-state index contributed by atoms with van der Waals surface area (Å²) in [5.74, 6) is -2.91. The first-order valence-electron chi connectivity index (χ1n) is 17.1. The predicted molar refractivity (Wildman–Crippen MR) is 196 cm³/mol. The molecule has 2 amide bonds. The van der Waals surface area contributed by atoms with Gasteiger partial charge in [0.2, 0.25) is 11.8 Å². The number of amides is 2. The lowest BCUT2D eigenvalue weighted by atomic mass is 10.0. The number of rotatable bonds is 16. The van der Waals surface area contributed by atoms with Crippen molar-refractivity contribution in [1.82, 2.24) is 39.7 Å². The average Bonchev–Trinajstić information content (AvgIpc) is 3.51. The smallest absolute Gasteiger partial charge is 0.329 e. The second-order valence-electron chi connectivity index (χ2n) is 13.2. The fourth-order valence-electron chi connectivity index (χ4n) is 5.91. The van der Waals surface area contributed by atoms with Crippen molar-refractivity contribution in [3.05, 3.63) is 78.9 Å². The van der Waals surface area contributed by atoms with Crippen LogP contribution in [-0.4, -0.2) is 79.1 Å². The number of nitrogens with one attached hydrogen (secondary N) is 2. The van der Waals surface area contributed by atoms with Crippen LogP contribution in [0, 0.1) is 11.8 Å². The van der Waals surface area contributed by atoms with E-state index in [9.17, 15) is 38.4 Å². The van der Waals surface area contributed by atoms with Crippen LogP contribution in [0.4, 0.5) is 0 Å². The number of carbonyl (C=O) groups is 4. The molecule has 0 spiro atoms. The Kier molecular flexibility index (Phi) is 11.5. The molecule has 0 radical (unpaired) electrons. The van der Waals surface area contributed by atoms with Gasteiger partial charge in [-0.15, -0.1) is 0 Å². The Morgan fingerprint density at radius 2 is 0.907 bits per heavy atom. The van der Waals surface area contributed by atoms with Crippen molar-refractivity contribution in [2.75, 3.05) is 26.3 Å². The maximum atomic E-state index is 13.6. The lowest BCUT2D eigenvalue weighted by Gasteiger charge is -2.18. The second kappa shape index (κ2) is 16.1. The van der Waals surface area contributed by atoms with Crippen molar-refractivity contribution in [2.24, 2.45) is 11.8 Å². The van der Waals surface area contributed by atoms with E-state index in [4.69, 9.17) is 9.47 Å². The number of hydrogen-bond donors (Lipinski definition) is 2. The van der Waals surface area contributed by atoms with Gasteiger partial charge in [-0.2, -0.15) is 0 Å². The zero-order valence-corrected chi connectivity index (χ0v) is 30.0. The topological polar surface area (TPSA) is 240 Å². The maximum Gasteiger partial charge on any atom is 0.329 e. The van der Waals surface area contributed by atoms with Crippen molar-refractivity contribution < 1.29 is 28.7 Å². The maximum absolute atomic E-state index is 13.6. The lowest BCUT2D eigenvalue weighted by Crippen LogP contribution is -2.37. The Bertz CT molecular complexity index is 2260. The Labute approximate surface area is 305 Å². The Morgan fingerprint density at radius 1 is 0.611 bits per heavy atom. The highest BCUT2D eigenvalue weighted by Crippen LogP contribution is 2.23. The summed E-state index contributed by atoms with van der Waals surface area (Å²) in [5, 5.41) is 4.93. The molecule has 1 aromatic carbocycles. The SMILES string of the molecule is C=CC(=O)NCCOC(=O)C(CC(C)C)n1c(=O)c2nc3cc4nc5c(=O)n(C(CC(C)C)C(=O)OCCNC(=O)C=C)c(=O)c5nc4cc3nc2c1=O. The van der Waals surface area contributed by atoms with Crippen LogP contribution in [0.15, 0.2) is 56.6 Å². The molecule has 18 nitrogen and oxygen atoms in total. The second-order valence-corrected chi connectivity index (χ2v) is 13.2. The minimum Gasteiger partial charge on any atom is -0.462 e. The van der Waals surface area contributed by atoms with Crippen molar-refractivity contribution >= 4 is 67.9 Å². The molecule has 2 atom stereocenters. The summed E-state index contributed by atoms with van der Waals surface area (Å²) in [6.07, 6.45) is 2.28. The summed E-state index contributed by atoms with van der Waals surface area (Å²) in [4.78, 5) is 121. The van der Waals surface area contributed by atoms with Gasteiger partial charge in [-0.25, -0.2) is 29.5 Å². The van der Waals surface area contributed by atoms with Crippen molar-refractivity contribution in [3.8, 4) is 0 Å². The molecule has 0 saturated carbocycles. The van der Waals surface area contributed by atoms with Crippen molar-refractivity contribution in [1.29, 1.82) is 0 Å². The molecule has 54 heavy (non-hydrogen) atoms. The Morgan fingerprint density at radius 3 is 1.17 bits per heavy atom.